The van der Waals surface area contributed by atoms with E-state index in [0.717, 1.165) is 34.5 Å². The van der Waals surface area contributed by atoms with Crippen molar-refractivity contribution in [2.75, 3.05) is 7.05 Å². The second-order valence-electron chi connectivity index (χ2n) is 4.34. The standard InChI is InChI=1S/C13H18BrN5/c1-4-9-12(14)11(19(3)18-9)8-10(15-2)13-16-6-5-7-17-13/h5-7,10,15H,4,8H2,1-3H3. The maximum atomic E-state index is 4.51. The van der Waals surface area contributed by atoms with Crippen molar-refractivity contribution in [1.82, 2.24) is 25.1 Å². The molecule has 2 heterocycles. The van der Waals surface area contributed by atoms with Gasteiger partial charge in [-0.3, -0.25) is 4.68 Å². The van der Waals surface area contributed by atoms with Crippen LogP contribution in [0.1, 0.15) is 30.2 Å². The zero-order chi connectivity index (χ0) is 13.8. The maximum absolute atomic E-state index is 4.51. The van der Waals surface area contributed by atoms with Crippen LogP contribution in [-0.2, 0) is 19.9 Å². The molecular formula is C13H18BrN5. The largest absolute Gasteiger partial charge is 0.310 e. The Morgan fingerprint density at radius 2 is 2.05 bits per heavy atom. The number of nitrogens with one attached hydrogen (secondary N) is 1. The SMILES string of the molecule is CCc1nn(C)c(CC(NC)c2ncccn2)c1Br. The monoisotopic (exact) mass is 323 g/mol. The van der Waals surface area contributed by atoms with Gasteiger partial charge in [0.15, 0.2) is 0 Å². The fourth-order valence-electron chi connectivity index (χ4n) is 2.05. The zero-order valence-electron chi connectivity index (χ0n) is 11.4. The fourth-order valence-corrected chi connectivity index (χ4v) is 2.83. The van der Waals surface area contributed by atoms with Gasteiger partial charge in [-0.15, -0.1) is 0 Å². The number of nitrogens with zero attached hydrogens (tertiary/aromatic N) is 4. The number of hydrogen-bond acceptors (Lipinski definition) is 4. The van der Waals surface area contributed by atoms with Gasteiger partial charge in [0.05, 0.1) is 21.9 Å². The molecule has 6 heteroatoms. The summed E-state index contributed by atoms with van der Waals surface area (Å²) in [6, 6.07) is 1.91. The summed E-state index contributed by atoms with van der Waals surface area (Å²) in [6.07, 6.45) is 5.25. The van der Waals surface area contributed by atoms with E-state index < -0.39 is 0 Å². The first kappa shape index (κ1) is 14.1. The first-order chi connectivity index (χ1) is 9.17. The molecule has 102 valence electrons. The minimum absolute atomic E-state index is 0.0811. The molecule has 0 saturated carbocycles. The van der Waals surface area contributed by atoms with Crippen molar-refractivity contribution in [1.29, 1.82) is 0 Å². The van der Waals surface area contributed by atoms with E-state index in [1.54, 1.807) is 12.4 Å². The van der Waals surface area contributed by atoms with Gasteiger partial charge in [-0.05, 0) is 35.5 Å². The van der Waals surface area contributed by atoms with Crippen molar-refractivity contribution >= 4 is 15.9 Å². The quantitative estimate of drug-likeness (QED) is 0.914. The van der Waals surface area contributed by atoms with Crippen LogP contribution < -0.4 is 5.32 Å². The van der Waals surface area contributed by atoms with Crippen LogP contribution in [0.15, 0.2) is 22.9 Å². The third-order valence-electron chi connectivity index (χ3n) is 3.15. The molecule has 2 aromatic heterocycles. The Morgan fingerprint density at radius 3 is 2.58 bits per heavy atom. The molecule has 0 aliphatic rings. The Kier molecular flexibility index (Phi) is 4.66. The summed E-state index contributed by atoms with van der Waals surface area (Å²) in [5, 5.41) is 7.77. The summed E-state index contributed by atoms with van der Waals surface area (Å²) in [4.78, 5) is 8.63. The van der Waals surface area contributed by atoms with Gasteiger partial charge in [0, 0.05) is 25.9 Å². The summed E-state index contributed by atoms with van der Waals surface area (Å²) in [7, 11) is 3.89. The van der Waals surface area contributed by atoms with Crippen LogP contribution >= 0.6 is 15.9 Å². The number of likely N-dealkylation sites (N-methyl/N-ethyl adjacent to an activating group) is 1. The molecule has 1 N–H and O–H groups in total. The molecule has 2 rings (SSSR count). The van der Waals surface area contributed by atoms with Crippen molar-refractivity contribution in [3.05, 3.63) is 40.1 Å². The van der Waals surface area contributed by atoms with Crippen LogP contribution in [0.5, 0.6) is 0 Å². The van der Waals surface area contributed by atoms with Gasteiger partial charge in [0.1, 0.15) is 5.82 Å². The van der Waals surface area contributed by atoms with E-state index in [4.69, 9.17) is 0 Å². The van der Waals surface area contributed by atoms with E-state index in [1.807, 2.05) is 24.8 Å². The van der Waals surface area contributed by atoms with Gasteiger partial charge in [-0.2, -0.15) is 5.10 Å². The van der Waals surface area contributed by atoms with Crippen LogP contribution in [0.4, 0.5) is 0 Å². The van der Waals surface area contributed by atoms with Crippen LogP contribution in [-0.4, -0.2) is 26.8 Å². The topological polar surface area (TPSA) is 55.6 Å². The number of aryl methyl sites for hydroxylation is 2. The molecule has 1 unspecified atom stereocenters. The molecule has 2 aromatic rings. The van der Waals surface area contributed by atoms with E-state index in [-0.39, 0.29) is 6.04 Å². The first-order valence-corrected chi connectivity index (χ1v) is 7.11. The lowest BCUT2D eigenvalue weighted by atomic mass is 10.1. The average Bonchev–Trinajstić information content (AvgIpc) is 2.72. The van der Waals surface area contributed by atoms with Crippen LogP contribution in [0, 0.1) is 0 Å². The van der Waals surface area contributed by atoms with Gasteiger partial charge < -0.3 is 5.32 Å². The van der Waals surface area contributed by atoms with Gasteiger partial charge in [0.2, 0.25) is 0 Å². The average molecular weight is 324 g/mol. The second-order valence-corrected chi connectivity index (χ2v) is 5.13. The van der Waals surface area contributed by atoms with Crippen molar-refractivity contribution in [2.45, 2.75) is 25.8 Å². The minimum atomic E-state index is 0.0811. The molecule has 0 radical (unpaired) electrons. The molecule has 1 atom stereocenters. The molecule has 0 amide bonds. The normalized spacial score (nSPS) is 12.6. The van der Waals surface area contributed by atoms with Crippen LogP contribution in [0.2, 0.25) is 0 Å². The summed E-state index contributed by atoms with van der Waals surface area (Å²) < 4.78 is 3.02. The lowest BCUT2D eigenvalue weighted by molar-refractivity contribution is 0.533. The van der Waals surface area contributed by atoms with Gasteiger partial charge >= 0.3 is 0 Å². The molecule has 0 spiro atoms. The third kappa shape index (κ3) is 3.01. The number of aromatic nitrogens is 4. The smallest absolute Gasteiger partial charge is 0.145 e. The Morgan fingerprint density at radius 1 is 1.37 bits per heavy atom. The number of hydrogen-bond donors (Lipinski definition) is 1. The van der Waals surface area contributed by atoms with E-state index in [2.05, 4.69) is 43.2 Å². The summed E-state index contributed by atoms with van der Waals surface area (Å²) >= 11 is 3.64. The Bertz CT molecular complexity index is 537. The van der Waals surface area contributed by atoms with Crippen molar-refractivity contribution in [3.63, 3.8) is 0 Å². The molecule has 0 aliphatic heterocycles. The van der Waals surface area contributed by atoms with E-state index in [1.165, 1.54) is 0 Å². The fraction of sp³-hybridized carbons (Fsp3) is 0.462. The highest BCUT2D eigenvalue weighted by molar-refractivity contribution is 9.10. The summed E-state index contributed by atoms with van der Waals surface area (Å²) in [6.45, 7) is 2.10. The molecule has 0 aliphatic carbocycles. The minimum Gasteiger partial charge on any atom is -0.310 e. The highest BCUT2D eigenvalue weighted by Crippen LogP contribution is 2.25. The Labute approximate surface area is 121 Å². The zero-order valence-corrected chi connectivity index (χ0v) is 13.0. The van der Waals surface area contributed by atoms with E-state index >= 15 is 0 Å². The highest BCUT2D eigenvalue weighted by atomic mass is 79.9. The molecular weight excluding hydrogens is 306 g/mol. The number of halogens is 1. The van der Waals surface area contributed by atoms with Crippen LogP contribution in [0.3, 0.4) is 0 Å². The second kappa shape index (κ2) is 6.25. The van der Waals surface area contributed by atoms with Crippen molar-refractivity contribution in [3.8, 4) is 0 Å². The van der Waals surface area contributed by atoms with Gasteiger partial charge in [-0.25, -0.2) is 9.97 Å². The summed E-state index contributed by atoms with van der Waals surface area (Å²) in [5.74, 6) is 0.802. The maximum Gasteiger partial charge on any atom is 0.145 e. The van der Waals surface area contributed by atoms with Crippen LogP contribution in [0.25, 0.3) is 0 Å². The molecule has 5 nitrogen and oxygen atoms in total. The molecule has 0 saturated heterocycles. The Balaban J connectivity index is 2.26. The Hall–Kier alpha value is -1.27. The molecule has 0 bridgehead atoms. The molecule has 19 heavy (non-hydrogen) atoms. The lowest BCUT2D eigenvalue weighted by Gasteiger charge is -2.14. The van der Waals surface area contributed by atoms with E-state index in [0.29, 0.717) is 0 Å². The molecule has 0 aromatic carbocycles. The van der Waals surface area contributed by atoms with Gasteiger partial charge in [0.25, 0.3) is 0 Å². The first-order valence-electron chi connectivity index (χ1n) is 6.31. The lowest BCUT2D eigenvalue weighted by Crippen LogP contribution is -2.22. The highest BCUT2D eigenvalue weighted by Gasteiger charge is 2.19. The predicted molar refractivity (Wildman–Crippen MR) is 77.8 cm³/mol. The van der Waals surface area contributed by atoms with Gasteiger partial charge in [-0.1, -0.05) is 6.92 Å². The third-order valence-corrected chi connectivity index (χ3v) is 4.06. The van der Waals surface area contributed by atoms with E-state index in [9.17, 15) is 0 Å². The van der Waals surface area contributed by atoms with Crippen molar-refractivity contribution < 1.29 is 0 Å². The summed E-state index contributed by atoms with van der Waals surface area (Å²) in [5.41, 5.74) is 2.24. The van der Waals surface area contributed by atoms with Crippen molar-refractivity contribution in [2.24, 2.45) is 7.05 Å². The molecule has 0 fully saturated rings. The number of rotatable bonds is 5. The predicted octanol–water partition coefficient (Wildman–Crippen LogP) is 2.04.